The SMILES string of the molecule is COc1ccc([C@@H](C(=O)NC2CCCCC2)N(C(=O)Cc2cccs2)c2cccc(C(C)=O)c2)cc1OC. The fourth-order valence-corrected chi connectivity index (χ4v) is 5.62. The molecule has 0 unspecified atom stereocenters. The van der Waals surface area contributed by atoms with Crippen LogP contribution in [0.5, 0.6) is 11.5 Å². The highest BCUT2D eigenvalue weighted by Crippen LogP contribution is 2.35. The van der Waals surface area contributed by atoms with Crippen molar-refractivity contribution in [3.8, 4) is 11.5 Å². The maximum Gasteiger partial charge on any atom is 0.248 e. The number of Topliss-reactive ketones (excluding diaryl/α,β-unsaturated/α-hetero) is 1. The minimum atomic E-state index is -0.980. The van der Waals surface area contributed by atoms with Crippen LogP contribution in [0.15, 0.2) is 60.0 Å². The first-order valence-electron chi connectivity index (χ1n) is 12.9. The molecule has 1 heterocycles. The van der Waals surface area contributed by atoms with Gasteiger partial charge < -0.3 is 14.8 Å². The fraction of sp³-hybridized carbons (Fsp3) is 0.367. The van der Waals surface area contributed by atoms with Crippen molar-refractivity contribution in [2.45, 2.75) is 57.5 Å². The lowest BCUT2D eigenvalue weighted by Crippen LogP contribution is -2.47. The normalized spacial score (nSPS) is 14.4. The first-order valence-corrected chi connectivity index (χ1v) is 13.8. The number of carbonyl (C=O) groups excluding carboxylic acids is 3. The Hall–Kier alpha value is -3.65. The van der Waals surface area contributed by atoms with Gasteiger partial charge in [-0.3, -0.25) is 19.3 Å². The summed E-state index contributed by atoms with van der Waals surface area (Å²) >= 11 is 1.49. The summed E-state index contributed by atoms with van der Waals surface area (Å²) in [7, 11) is 3.09. The number of rotatable bonds is 10. The molecule has 200 valence electrons. The second kappa shape index (κ2) is 12.7. The number of hydrogen-bond acceptors (Lipinski definition) is 6. The molecule has 0 saturated heterocycles. The third-order valence-electron chi connectivity index (χ3n) is 6.89. The van der Waals surface area contributed by atoms with Crippen molar-refractivity contribution in [1.29, 1.82) is 0 Å². The molecule has 1 aliphatic rings. The quantitative estimate of drug-likeness (QED) is 0.336. The maximum absolute atomic E-state index is 14.1. The third-order valence-corrected chi connectivity index (χ3v) is 7.76. The first kappa shape index (κ1) is 27.4. The first-order chi connectivity index (χ1) is 18.4. The van der Waals surface area contributed by atoms with E-state index in [1.54, 1.807) is 49.6 Å². The van der Waals surface area contributed by atoms with E-state index in [1.165, 1.54) is 30.3 Å². The van der Waals surface area contributed by atoms with E-state index in [-0.39, 0.29) is 30.1 Å². The summed E-state index contributed by atoms with van der Waals surface area (Å²) in [4.78, 5) is 42.7. The van der Waals surface area contributed by atoms with Gasteiger partial charge in [0.05, 0.1) is 20.6 Å². The van der Waals surface area contributed by atoms with Crippen LogP contribution in [0.3, 0.4) is 0 Å². The fourth-order valence-electron chi connectivity index (χ4n) is 4.93. The van der Waals surface area contributed by atoms with Crippen LogP contribution >= 0.6 is 11.3 Å². The molecule has 1 saturated carbocycles. The molecule has 2 aromatic carbocycles. The summed E-state index contributed by atoms with van der Waals surface area (Å²) in [6, 6.07) is 15.0. The van der Waals surface area contributed by atoms with Crippen molar-refractivity contribution >= 4 is 34.6 Å². The number of benzene rings is 2. The van der Waals surface area contributed by atoms with Gasteiger partial charge in [-0.05, 0) is 61.0 Å². The Kier molecular flexibility index (Phi) is 9.18. The number of anilines is 1. The molecule has 0 bridgehead atoms. The number of methoxy groups -OCH3 is 2. The van der Waals surface area contributed by atoms with Crippen LogP contribution in [0.25, 0.3) is 0 Å². The third kappa shape index (κ3) is 6.42. The van der Waals surface area contributed by atoms with E-state index in [0.29, 0.717) is 28.3 Å². The summed E-state index contributed by atoms with van der Waals surface area (Å²) in [6.45, 7) is 1.48. The van der Waals surface area contributed by atoms with Gasteiger partial charge in [0.1, 0.15) is 6.04 Å². The van der Waals surface area contributed by atoms with Crippen molar-refractivity contribution in [3.05, 3.63) is 76.0 Å². The van der Waals surface area contributed by atoms with Crippen molar-refractivity contribution in [2.75, 3.05) is 19.1 Å². The zero-order valence-electron chi connectivity index (χ0n) is 22.1. The summed E-state index contributed by atoms with van der Waals surface area (Å²) < 4.78 is 11.0. The van der Waals surface area contributed by atoms with Crippen molar-refractivity contribution < 1.29 is 23.9 Å². The van der Waals surface area contributed by atoms with Crippen LogP contribution in [-0.4, -0.2) is 37.9 Å². The smallest absolute Gasteiger partial charge is 0.248 e. The largest absolute Gasteiger partial charge is 0.493 e. The van der Waals surface area contributed by atoms with Gasteiger partial charge in [0, 0.05) is 22.2 Å². The molecule has 1 aliphatic carbocycles. The van der Waals surface area contributed by atoms with Crippen LogP contribution in [0.4, 0.5) is 5.69 Å². The Labute approximate surface area is 227 Å². The Balaban J connectivity index is 1.83. The van der Waals surface area contributed by atoms with E-state index >= 15 is 0 Å². The van der Waals surface area contributed by atoms with Crippen molar-refractivity contribution in [2.24, 2.45) is 0 Å². The van der Waals surface area contributed by atoms with Gasteiger partial charge in [0.15, 0.2) is 17.3 Å². The molecule has 7 nitrogen and oxygen atoms in total. The van der Waals surface area contributed by atoms with Gasteiger partial charge in [-0.2, -0.15) is 0 Å². The van der Waals surface area contributed by atoms with Crippen LogP contribution in [0.1, 0.15) is 65.9 Å². The Morgan fingerprint density at radius 2 is 1.74 bits per heavy atom. The van der Waals surface area contributed by atoms with E-state index in [1.807, 2.05) is 17.5 Å². The molecule has 8 heteroatoms. The van der Waals surface area contributed by atoms with Gasteiger partial charge in [0.2, 0.25) is 11.8 Å². The summed E-state index contributed by atoms with van der Waals surface area (Å²) in [5.74, 6) is 0.358. The van der Waals surface area contributed by atoms with Crippen molar-refractivity contribution in [1.82, 2.24) is 5.32 Å². The molecule has 2 amide bonds. The molecular formula is C30H34N2O5S. The highest BCUT2D eigenvalue weighted by molar-refractivity contribution is 7.10. The van der Waals surface area contributed by atoms with Crippen LogP contribution in [-0.2, 0) is 16.0 Å². The van der Waals surface area contributed by atoms with Crippen molar-refractivity contribution in [3.63, 3.8) is 0 Å². The molecule has 0 spiro atoms. The van der Waals surface area contributed by atoms with E-state index < -0.39 is 6.04 Å². The number of hydrogen-bond donors (Lipinski definition) is 1. The predicted molar refractivity (Wildman–Crippen MR) is 149 cm³/mol. The average Bonchev–Trinajstić information content (AvgIpc) is 3.44. The number of carbonyl (C=O) groups is 3. The number of ether oxygens (including phenoxy) is 2. The predicted octanol–water partition coefficient (Wildman–Crippen LogP) is 5.73. The maximum atomic E-state index is 14.1. The lowest BCUT2D eigenvalue weighted by molar-refractivity contribution is -0.127. The molecular weight excluding hydrogens is 500 g/mol. The minimum absolute atomic E-state index is 0.0525. The van der Waals surface area contributed by atoms with E-state index in [2.05, 4.69) is 5.32 Å². The number of ketones is 1. The lowest BCUT2D eigenvalue weighted by atomic mass is 9.94. The molecule has 1 aromatic heterocycles. The summed E-state index contributed by atoms with van der Waals surface area (Å²) in [5, 5.41) is 5.14. The van der Waals surface area contributed by atoms with Gasteiger partial charge in [-0.25, -0.2) is 0 Å². The average molecular weight is 535 g/mol. The van der Waals surface area contributed by atoms with E-state index in [0.717, 1.165) is 37.0 Å². The molecule has 0 aliphatic heterocycles. The zero-order valence-corrected chi connectivity index (χ0v) is 22.9. The Morgan fingerprint density at radius 3 is 2.39 bits per heavy atom. The highest BCUT2D eigenvalue weighted by atomic mass is 32.1. The molecule has 0 radical (unpaired) electrons. The topological polar surface area (TPSA) is 84.9 Å². The van der Waals surface area contributed by atoms with Gasteiger partial charge >= 0.3 is 0 Å². The van der Waals surface area contributed by atoms with E-state index in [9.17, 15) is 14.4 Å². The zero-order chi connectivity index (χ0) is 27.1. The second-order valence-corrected chi connectivity index (χ2v) is 10.5. The lowest BCUT2D eigenvalue weighted by Gasteiger charge is -2.34. The molecule has 3 aromatic rings. The van der Waals surface area contributed by atoms with Gasteiger partial charge in [-0.1, -0.05) is 43.5 Å². The molecule has 1 fully saturated rings. The van der Waals surface area contributed by atoms with Gasteiger partial charge in [-0.15, -0.1) is 11.3 Å². The minimum Gasteiger partial charge on any atom is -0.493 e. The molecule has 1 N–H and O–H groups in total. The number of nitrogens with one attached hydrogen (secondary N) is 1. The van der Waals surface area contributed by atoms with Crippen LogP contribution < -0.4 is 19.7 Å². The standard InChI is InChI=1S/C30H34N2O5S/c1-20(33)21-9-7-12-24(17-21)32(28(34)19-25-13-8-16-38-25)29(30(35)31-23-10-5-4-6-11-23)22-14-15-26(36-2)27(18-22)37-3/h7-9,12-18,23,29H,4-6,10-11,19H2,1-3H3,(H,31,35)/t29-/m0/s1. The van der Waals surface area contributed by atoms with Crippen LogP contribution in [0.2, 0.25) is 0 Å². The summed E-state index contributed by atoms with van der Waals surface area (Å²) in [6.07, 6.45) is 5.24. The second-order valence-electron chi connectivity index (χ2n) is 9.49. The Bertz CT molecular complexity index is 1270. The van der Waals surface area contributed by atoms with Gasteiger partial charge in [0.25, 0.3) is 0 Å². The summed E-state index contributed by atoms with van der Waals surface area (Å²) in [5.41, 5.74) is 1.54. The highest BCUT2D eigenvalue weighted by Gasteiger charge is 2.35. The molecule has 38 heavy (non-hydrogen) atoms. The molecule has 1 atom stereocenters. The van der Waals surface area contributed by atoms with E-state index in [4.69, 9.17) is 9.47 Å². The Morgan fingerprint density at radius 1 is 0.974 bits per heavy atom. The number of nitrogens with zero attached hydrogens (tertiary/aromatic N) is 1. The molecule has 4 rings (SSSR count). The number of thiophene rings is 1. The monoisotopic (exact) mass is 534 g/mol. The number of amides is 2. The van der Waals surface area contributed by atoms with Crippen LogP contribution in [0, 0.1) is 0 Å².